The summed E-state index contributed by atoms with van der Waals surface area (Å²) in [4.78, 5) is 0. The zero-order chi connectivity index (χ0) is 15.3. The van der Waals surface area contributed by atoms with Crippen LogP contribution in [0.15, 0.2) is 18.2 Å². The number of hydrogen-bond acceptors (Lipinski definition) is 2. The van der Waals surface area contributed by atoms with Crippen molar-refractivity contribution in [3.8, 4) is 6.07 Å². The van der Waals surface area contributed by atoms with Crippen LogP contribution in [0.2, 0.25) is 5.02 Å². The maximum absolute atomic E-state index is 8.88. The van der Waals surface area contributed by atoms with Gasteiger partial charge >= 0.3 is 0 Å². The SMILES string of the molecule is CC1(C)C2CCC1(C)C(OCc1ccc(C#N)cc1Cl)C2. The number of rotatable bonds is 3. The summed E-state index contributed by atoms with van der Waals surface area (Å²) >= 11 is 6.23. The van der Waals surface area contributed by atoms with E-state index in [0.717, 1.165) is 17.9 Å². The van der Waals surface area contributed by atoms with E-state index in [1.165, 1.54) is 12.8 Å². The molecule has 0 spiro atoms. The van der Waals surface area contributed by atoms with Gasteiger partial charge in [0.15, 0.2) is 0 Å². The van der Waals surface area contributed by atoms with Gasteiger partial charge in [-0.2, -0.15) is 5.26 Å². The third kappa shape index (κ3) is 2.18. The number of nitrogens with zero attached hydrogens (tertiary/aromatic N) is 1. The summed E-state index contributed by atoms with van der Waals surface area (Å²) in [5.41, 5.74) is 2.21. The van der Waals surface area contributed by atoms with Crippen molar-refractivity contribution in [3.05, 3.63) is 34.3 Å². The van der Waals surface area contributed by atoms with Crippen LogP contribution < -0.4 is 0 Å². The maximum Gasteiger partial charge on any atom is 0.0992 e. The normalized spacial score (nSPS) is 33.1. The van der Waals surface area contributed by atoms with Gasteiger partial charge in [0.25, 0.3) is 0 Å². The highest BCUT2D eigenvalue weighted by atomic mass is 35.5. The number of fused-ring (bicyclic) bond motifs is 2. The number of hydrogen-bond donors (Lipinski definition) is 0. The molecule has 0 N–H and O–H groups in total. The molecule has 1 aromatic carbocycles. The van der Waals surface area contributed by atoms with E-state index in [-0.39, 0.29) is 5.41 Å². The number of benzene rings is 1. The third-order valence-electron chi connectivity index (χ3n) is 6.34. The van der Waals surface area contributed by atoms with Crippen LogP contribution in [0.4, 0.5) is 0 Å². The monoisotopic (exact) mass is 303 g/mol. The first kappa shape index (κ1) is 14.9. The Bertz CT molecular complexity index is 604. The topological polar surface area (TPSA) is 33.0 Å². The molecule has 1 aromatic rings. The average molecular weight is 304 g/mol. The standard InChI is InChI=1S/C18H22ClNO/c1-17(2)14-6-7-18(17,3)16(9-14)21-11-13-5-4-12(10-20)8-15(13)19/h4-5,8,14,16H,6-7,9,11H2,1-3H3. The van der Waals surface area contributed by atoms with Crippen LogP contribution in [-0.4, -0.2) is 6.10 Å². The Morgan fingerprint density at radius 3 is 2.67 bits per heavy atom. The van der Waals surface area contributed by atoms with Gasteiger partial charge in [-0.1, -0.05) is 38.4 Å². The summed E-state index contributed by atoms with van der Waals surface area (Å²) in [7, 11) is 0. The molecule has 0 heterocycles. The van der Waals surface area contributed by atoms with Gasteiger partial charge in [0, 0.05) is 5.02 Å². The van der Waals surface area contributed by atoms with Crippen molar-refractivity contribution in [2.24, 2.45) is 16.7 Å². The van der Waals surface area contributed by atoms with Gasteiger partial charge in [0.05, 0.1) is 24.3 Å². The van der Waals surface area contributed by atoms with Crippen LogP contribution >= 0.6 is 11.6 Å². The molecule has 0 saturated heterocycles. The van der Waals surface area contributed by atoms with Crippen molar-refractivity contribution >= 4 is 11.6 Å². The molecule has 2 saturated carbocycles. The first-order valence-corrected chi connectivity index (χ1v) is 8.06. The van der Waals surface area contributed by atoms with Crippen molar-refractivity contribution in [1.29, 1.82) is 5.26 Å². The highest BCUT2D eigenvalue weighted by molar-refractivity contribution is 6.31. The maximum atomic E-state index is 8.88. The van der Waals surface area contributed by atoms with Crippen LogP contribution in [0.25, 0.3) is 0 Å². The molecule has 0 aromatic heterocycles. The molecule has 0 radical (unpaired) electrons. The molecule has 3 unspecified atom stereocenters. The van der Waals surface area contributed by atoms with Crippen LogP contribution in [0.5, 0.6) is 0 Å². The van der Waals surface area contributed by atoms with E-state index in [0.29, 0.717) is 28.7 Å². The van der Waals surface area contributed by atoms with Crippen molar-refractivity contribution < 1.29 is 4.74 Å². The fourth-order valence-corrected chi connectivity index (χ4v) is 4.54. The lowest BCUT2D eigenvalue weighted by Gasteiger charge is -2.39. The van der Waals surface area contributed by atoms with Gasteiger partial charge in [-0.05, 0) is 53.7 Å². The second-order valence-electron chi connectivity index (χ2n) is 7.33. The fraction of sp³-hybridized carbons (Fsp3) is 0.611. The summed E-state index contributed by atoms with van der Waals surface area (Å²) in [5.74, 6) is 0.781. The minimum absolute atomic E-state index is 0.275. The van der Waals surface area contributed by atoms with Gasteiger partial charge < -0.3 is 4.74 Å². The molecule has 2 fully saturated rings. The van der Waals surface area contributed by atoms with Crippen molar-refractivity contribution in [1.82, 2.24) is 0 Å². The predicted octanol–water partition coefficient (Wildman–Crippen LogP) is 4.94. The lowest BCUT2D eigenvalue weighted by Crippen LogP contribution is -2.37. The minimum atomic E-state index is 0.275. The molecule has 3 atom stereocenters. The van der Waals surface area contributed by atoms with Crippen LogP contribution in [0, 0.1) is 28.1 Å². The van der Waals surface area contributed by atoms with E-state index in [2.05, 4.69) is 26.8 Å². The predicted molar refractivity (Wildman–Crippen MR) is 84.0 cm³/mol. The van der Waals surface area contributed by atoms with Gasteiger partial charge in [-0.15, -0.1) is 0 Å². The number of nitriles is 1. The first-order chi connectivity index (χ1) is 9.88. The van der Waals surface area contributed by atoms with Gasteiger partial charge in [-0.3, -0.25) is 0 Å². The molecule has 0 aliphatic heterocycles. The van der Waals surface area contributed by atoms with E-state index < -0.39 is 0 Å². The first-order valence-electron chi connectivity index (χ1n) is 7.68. The third-order valence-corrected chi connectivity index (χ3v) is 6.69. The minimum Gasteiger partial charge on any atom is -0.373 e. The van der Waals surface area contributed by atoms with Crippen LogP contribution in [-0.2, 0) is 11.3 Å². The van der Waals surface area contributed by atoms with Crippen molar-refractivity contribution in [2.45, 2.75) is 52.7 Å². The Kier molecular flexibility index (Phi) is 3.55. The second kappa shape index (κ2) is 5.00. The lowest BCUT2D eigenvalue weighted by atomic mass is 9.70. The summed E-state index contributed by atoms with van der Waals surface area (Å²) in [6.45, 7) is 7.70. The molecule has 3 heteroatoms. The highest BCUT2D eigenvalue weighted by Gasteiger charge is 2.61. The van der Waals surface area contributed by atoms with Crippen molar-refractivity contribution in [2.75, 3.05) is 0 Å². The average Bonchev–Trinajstić information content (AvgIpc) is 2.78. The summed E-state index contributed by atoms with van der Waals surface area (Å²) in [5, 5.41) is 9.51. The molecule has 2 aliphatic rings. The Hall–Kier alpha value is -1.04. The molecule has 2 aliphatic carbocycles. The highest BCUT2D eigenvalue weighted by Crippen LogP contribution is 2.66. The summed E-state index contributed by atoms with van der Waals surface area (Å²) in [6, 6.07) is 7.53. The lowest BCUT2D eigenvalue weighted by molar-refractivity contribution is -0.0550. The molecule has 2 nitrogen and oxygen atoms in total. The van der Waals surface area contributed by atoms with Gasteiger partial charge in [-0.25, -0.2) is 0 Å². The van der Waals surface area contributed by atoms with E-state index in [1.54, 1.807) is 12.1 Å². The zero-order valence-corrected chi connectivity index (χ0v) is 13.7. The van der Waals surface area contributed by atoms with E-state index in [4.69, 9.17) is 21.6 Å². The molecule has 112 valence electrons. The summed E-state index contributed by atoms with van der Waals surface area (Å²) in [6.07, 6.45) is 4.08. The number of halogens is 1. The van der Waals surface area contributed by atoms with E-state index >= 15 is 0 Å². The Morgan fingerprint density at radius 1 is 1.38 bits per heavy atom. The molecule has 21 heavy (non-hydrogen) atoms. The quantitative estimate of drug-likeness (QED) is 0.792. The number of ether oxygens (including phenoxy) is 1. The Labute approximate surface area is 132 Å². The smallest absolute Gasteiger partial charge is 0.0992 e. The van der Waals surface area contributed by atoms with Crippen LogP contribution in [0.3, 0.4) is 0 Å². The van der Waals surface area contributed by atoms with E-state index in [9.17, 15) is 0 Å². The van der Waals surface area contributed by atoms with E-state index in [1.807, 2.05) is 6.07 Å². The van der Waals surface area contributed by atoms with Crippen molar-refractivity contribution in [3.63, 3.8) is 0 Å². The molecule has 3 rings (SSSR count). The van der Waals surface area contributed by atoms with Gasteiger partial charge in [0.1, 0.15) is 0 Å². The van der Waals surface area contributed by atoms with Crippen LogP contribution in [0.1, 0.15) is 51.2 Å². The Morgan fingerprint density at radius 2 is 2.14 bits per heavy atom. The molecule has 2 bridgehead atoms. The fourth-order valence-electron chi connectivity index (χ4n) is 4.31. The summed E-state index contributed by atoms with van der Waals surface area (Å²) < 4.78 is 6.25. The molecular formula is C18H22ClNO. The molecule has 0 amide bonds. The zero-order valence-electron chi connectivity index (χ0n) is 12.9. The Balaban J connectivity index is 1.71. The second-order valence-corrected chi connectivity index (χ2v) is 7.74. The largest absolute Gasteiger partial charge is 0.373 e. The van der Waals surface area contributed by atoms with Gasteiger partial charge in [0.2, 0.25) is 0 Å². The molecular weight excluding hydrogens is 282 g/mol.